The molecule has 108 valence electrons. The number of methoxy groups -OCH3 is 1. The highest BCUT2D eigenvalue weighted by atomic mass is 32.1. The molecule has 0 unspecified atom stereocenters. The summed E-state index contributed by atoms with van der Waals surface area (Å²) < 4.78 is 9.51. The average Bonchev–Trinajstić information content (AvgIpc) is 2.82. The number of rotatable bonds is 6. The van der Waals surface area contributed by atoms with E-state index in [-0.39, 0.29) is 0 Å². The Bertz CT molecular complexity index is 541. The number of pyridine rings is 1. The molecule has 0 aliphatic carbocycles. The van der Waals surface area contributed by atoms with Crippen molar-refractivity contribution in [3.63, 3.8) is 0 Å². The van der Waals surface area contributed by atoms with E-state index in [4.69, 9.17) is 10.5 Å². The van der Waals surface area contributed by atoms with Crippen LogP contribution in [0.1, 0.15) is 13.8 Å². The van der Waals surface area contributed by atoms with E-state index in [1.165, 1.54) is 11.5 Å². The summed E-state index contributed by atoms with van der Waals surface area (Å²) in [4.78, 5) is 6.43. The van der Waals surface area contributed by atoms with Crippen molar-refractivity contribution in [2.24, 2.45) is 0 Å². The minimum atomic E-state index is 0.348. The van der Waals surface area contributed by atoms with Gasteiger partial charge in [-0.25, -0.2) is 0 Å². The number of nitrogens with two attached hydrogens (primary N) is 1. The van der Waals surface area contributed by atoms with Gasteiger partial charge in [0.05, 0.1) is 12.2 Å². The normalized spacial score (nSPS) is 11.0. The first kappa shape index (κ1) is 14.7. The van der Waals surface area contributed by atoms with Gasteiger partial charge in [-0.3, -0.25) is 4.98 Å². The highest BCUT2D eigenvalue weighted by Crippen LogP contribution is 2.39. The van der Waals surface area contributed by atoms with Crippen molar-refractivity contribution in [2.75, 3.05) is 30.9 Å². The maximum atomic E-state index is 6.05. The third-order valence-electron chi connectivity index (χ3n) is 3.07. The van der Waals surface area contributed by atoms with Crippen molar-refractivity contribution in [2.45, 2.75) is 19.9 Å². The third kappa shape index (κ3) is 3.08. The Kier molecular flexibility index (Phi) is 4.92. The van der Waals surface area contributed by atoms with Crippen LogP contribution in [-0.4, -0.2) is 35.7 Å². The third-order valence-corrected chi connectivity index (χ3v) is 3.97. The lowest BCUT2D eigenvalue weighted by atomic mass is 10.1. The molecule has 6 heteroatoms. The number of hydrogen-bond donors (Lipinski definition) is 1. The zero-order valence-electron chi connectivity index (χ0n) is 12.0. The van der Waals surface area contributed by atoms with Crippen molar-refractivity contribution in [3.05, 3.63) is 24.5 Å². The van der Waals surface area contributed by atoms with Crippen molar-refractivity contribution < 1.29 is 4.74 Å². The van der Waals surface area contributed by atoms with Crippen LogP contribution in [0.25, 0.3) is 11.1 Å². The van der Waals surface area contributed by atoms with Crippen LogP contribution in [0, 0.1) is 0 Å². The van der Waals surface area contributed by atoms with Gasteiger partial charge in [0, 0.05) is 37.7 Å². The number of hydrogen-bond acceptors (Lipinski definition) is 6. The quantitative estimate of drug-likeness (QED) is 0.886. The van der Waals surface area contributed by atoms with Crippen molar-refractivity contribution in [1.82, 2.24) is 9.36 Å². The van der Waals surface area contributed by atoms with Gasteiger partial charge in [-0.1, -0.05) is 6.07 Å². The molecule has 20 heavy (non-hydrogen) atoms. The van der Waals surface area contributed by atoms with E-state index in [1.807, 2.05) is 18.3 Å². The van der Waals surface area contributed by atoms with Gasteiger partial charge >= 0.3 is 0 Å². The van der Waals surface area contributed by atoms with Crippen LogP contribution < -0.4 is 10.6 Å². The summed E-state index contributed by atoms with van der Waals surface area (Å²) in [5, 5.41) is 1.07. The van der Waals surface area contributed by atoms with E-state index in [9.17, 15) is 0 Å². The second-order valence-corrected chi connectivity index (χ2v) is 5.52. The molecule has 2 heterocycles. The second-order valence-electron chi connectivity index (χ2n) is 4.77. The molecule has 2 N–H and O–H groups in total. The molecule has 2 aromatic rings. The van der Waals surface area contributed by atoms with Crippen LogP contribution in [0.4, 0.5) is 10.8 Å². The fourth-order valence-electron chi connectivity index (χ4n) is 2.06. The molecule has 2 aromatic heterocycles. The molecule has 0 saturated heterocycles. The predicted molar refractivity (Wildman–Crippen MR) is 84.1 cm³/mol. The van der Waals surface area contributed by atoms with E-state index in [2.05, 4.69) is 28.1 Å². The Morgan fingerprint density at radius 3 is 2.85 bits per heavy atom. The zero-order chi connectivity index (χ0) is 14.5. The number of nitrogens with zero attached hydrogens (tertiary/aromatic N) is 3. The highest BCUT2D eigenvalue weighted by Gasteiger charge is 2.21. The molecule has 0 atom stereocenters. The molecular formula is C14H20N4OS. The monoisotopic (exact) mass is 292 g/mol. The Labute approximate surface area is 123 Å². The van der Waals surface area contributed by atoms with E-state index in [0.29, 0.717) is 18.5 Å². The Balaban J connectivity index is 2.41. The van der Waals surface area contributed by atoms with Gasteiger partial charge in [0.25, 0.3) is 0 Å². The molecule has 0 fully saturated rings. The number of nitrogen functional groups attached to an aromatic ring is 1. The van der Waals surface area contributed by atoms with Crippen LogP contribution in [-0.2, 0) is 4.74 Å². The van der Waals surface area contributed by atoms with Crippen LogP contribution in [0.5, 0.6) is 0 Å². The lowest BCUT2D eigenvalue weighted by Gasteiger charge is -2.28. The molecule has 0 bridgehead atoms. The summed E-state index contributed by atoms with van der Waals surface area (Å²) in [6.07, 6.45) is 3.57. The maximum Gasteiger partial charge on any atom is 0.147 e. The lowest BCUT2D eigenvalue weighted by molar-refractivity contribution is 0.204. The number of aromatic nitrogens is 2. The maximum absolute atomic E-state index is 6.05. The number of ether oxygens (including phenoxy) is 1. The second kappa shape index (κ2) is 6.67. The van der Waals surface area contributed by atoms with Crippen molar-refractivity contribution in [1.29, 1.82) is 0 Å². The highest BCUT2D eigenvalue weighted by molar-refractivity contribution is 7.11. The van der Waals surface area contributed by atoms with Crippen LogP contribution in [0.2, 0.25) is 0 Å². The Morgan fingerprint density at radius 2 is 2.25 bits per heavy atom. The van der Waals surface area contributed by atoms with Gasteiger partial charge in [0.2, 0.25) is 0 Å². The fourth-order valence-corrected chi connectivity index (χ4v) is 3.05. The van der Waals surface area contributed by atoms with E-state index in [1.54, 1.807) is 13.3 Å². The first-order valence-electron chi connectivity index (χ1n) is 6.56. The van der Waals surface area contributed by atoms with Crippen LogP contribution in [0.3, 0.4) is 0 Å². The van der Waals surface area contributed by atoms with Gasteiger partial charge in [-0.2, -0.15) is 4.37 Å². The zero-order valence-corrected chi connectivity index (χ0v) is 12.9. The van der Waals surface area contributed by atoms with E-state index in [0.717, 1.165) is 22.7 Å². The SMILES string of the molecule is COCCN(c1snc(N)c1-c1cccnc1)C(C)C. The minimum Gasteiger partial charge on any atom is -0.383 e. The van der Waals surface area contributed by atoms with Gasteiger partial charge in [0.1, 0.15) is 10.8 Å². The largest absolute Gasteiger partial charge is 0.383 e. The summed E-state index contributed by atoms with van der Waals surface area (Å²) in [5.41, 5.74) is 8.02. The van der Waals surface area contributed by atoms with Gasteiger partial charge < -0.3 is 15.4 Å². The van der Waals surface area contributed by atoms with Crippen LogP contribution in [0.15, 0.2) is 24.5 Å². The van der Waals surface area contributed by atoms with Crippen molar-refractivity contribution in [3.8, 4) is 11.1 Å². The predicted octanol–water partition coefficient (Wildman–Crippen LogP) is 2.65. The van der Waals surface area contributed by atoms with Crippen LogP contribution >= 0.6 is 11.5 Å². The first-order valence-corrected chi connectivity index (χ1v) is 7.33. The summed E-state index contributed by atoms with van der Waals surface area (Å²) in [6, 6.07) is 4.26. The average molecular weight is 292 g/mol. The molecule has 0 amide bonds. The van der Waals surface area contributed by atoms with Gasteiger partial charge in [0.15, 0.2) is 0 Å². The topological polar surface area (TPSA) is 64.3 Å². The molecule has 0 aromatic carbocycles. The van der Waals surface area contributed by atoms with Gasteiger partial charge in [-0.05, 0) is 31.4 Å². The molecular weight excluding hydrogens is 272 g/mol. The van der Waals surface area contributed by atoms with Crippen molar-refractivity contribution >= 4 is 22.4 Å². The summed E-state index contributed by atoms with van der Waals surface area (Å²) in [6.45, 7) is 5.78. The van der Waals surface area contributed by atoms with Gasteiger partial charge in [-0.15, -0.1) is 0 Å². The molecule has 0 spiro atoms. The molecule has 2 rings (SSSR count). The van der Waals surface area contributed by atoms with E-state index >= 15 is 0 Å². The standard InChI is InChI=1S/C14H20N4OS/c1-10(2)18(7-8-19-3)14-12(13(15)17-20-14)11-5-4-6-16-9-11/h4-6,9-10H,7-8H2,1-3H3,(H2,15,17). The smallest absolute Gasteiger partial charge is 0.147 e. The Hall–Kier alpha value is -1.66. The molecule has 0 aliphatic rings. The summed E-state index contributed by atoms with van der Waals surface area (Å²) in [5.74, 6) is 0.557. The summed E-state index contributed by atoms with van der Waals surface area (Å²) in [7, 11) is 1.71. The Morgan fingerprint density at radius 1 is 1.45 bits per heavy atom. The lowest BCUT2D eigenvalue weighted by Crippen LogP contribution is -2.33. The number of anilines is 2. The fraction of sp³-hybridized carbons (Fsp3) is 0.429. The molecule has 0 saturated carbocycles. The minimum absolute atomic E-state index is 0.348. The molecule has 0 aliphatic heterocycles. The first-order chi connectivity index (χ1) is 9.65. The summed E-state index contributed by atoms with van der Waals surface area (Å²) >= 11 is 1.43. The molecule has 5 nitrogen and oxygen atoms in total. The molecule has 0 radical (unpaired) electrons. The van der Waals surface area contributed by atoms with E-state index < -0.39 is 0 Å².